The lowest BCUT2D eigenvalue weighted by Crippen LogP contribution is -2.45. The zero-order chi connectivity index (χ0) is 36.3. The van der Waals surface area contributed by atoms with Crippen LogP contribution < -0.4 is 15.4 Å². The summed E-state index contributed by atoms with van der Waals surface area (Å²) in [6.07, 6.45) is 3.34. The van der Waals surface area contributed by atoms with E-state index in [-0.39, 0.29) is 36.1 Å². The number of amides is 2. The molecule has 1 unspecified atom stereocenters. The first kappa shape index (κ1) is 35.6. The Bertz CT molecular complexity index is 1980. The van der Waals surface area contributed by atoms with E-state index in [1.807, 2.05) is 60.8 Å². The normalized spacial score (nSPS) is 19.5. The summed E-state index contributed by atoms with van der Waals surface area (Å²) in [6.45, 7) is 11.1. The highest BCUT2D eigenvalue weighted by molar-refractivity contribution is 5.89. The molecule has 2 aliphatic rings. The Labute approximate surface area is 298 Å². The minimum Gasteiger partial charge on any atom is -0.484 e. The average molecular weight is 694 g/mol. The third kappa shape index (κ3) is 7.89. The number of nitrogens with zero attached hydrogens (tertiary/aromatic N) is 7. The molecule has 0 bridgehead atoms. The summed E-state index contributed by atoms with van der Waals surface area (Å²) in [5.74, 6) is 2.31. The van der Waals surface area contributed by atoms with Gasteiger partial charge in [0.25, 0.3) is 6.47 Å². The molecule has 3 N–H and O–H groups in total. The number of hydrogen-bond acceptors (Lipinski definition) is 8. The molecule has 1 saturated heterocycles. The van der Waals surface area contributed by atoms with Crippen LogP contribution >= 0.6 is 0 Å². The number of fused-ring (bicyclic) bond motifs is 2. The van der Waals surface area contributed by atoms with Crippen molar-refractivity contribution >= 4 is 24.0 Å². The van der Waals surface area contributed by atoms with Gasteiger partial charge in [-0.3, -0.25) is 19.4 Å². The van der Waals surface area contributed by atoms with Crippen molar-refractivity contribution in [3.8, 4) is 11.4 Å². The topological polar surface area (TPSA) is 142 Å². The number of carboxylic acid groups (broad SMARTS) is 1. The molecule has 1 aliphatic carbocycles. The van der Waals surface area contributed by atoms with Crippen LogP contribution in [0.3, 0.4) is 0 Å². The Hall–Kier alpha value is -5.27. The summed E-state index contributed by atoms with van der Waals surface area (Å²) in [7, 11) is 4.29. The maximum absolute atomic E-state index is 13.5. The molecule has 268 valence electrons. The zero-order valence-electron chi connectivity index (χ0n) is 30.1. The Balaban J connectivity index is 0.00000144. The molecule has 51 heavy (non-hydrogen) atoms. The number of nitrogens with one attached hydrogen (secondary N) is 2. The van der Waals surface area contributed by atoms with Gasteiger partial charge in [0.2, 0.25) is 0 Å². The molecule has 13 nitrogen and oxygen atoms in total. The lowest BCUT2D eigenvalue weighted by molar-refractivity contribution is -0.122. The van der Waals surface area contributed by atoms with E-state index in [1.54, 1.807) is 4.68 Å². The molecule has 1 aliphatic heterocycles. The number of piperazine rings is 1. The van der Waals surface area contributed by atoms with Crippen molar-refractivity contribution in [1.29, 1.82) is 0 Å². The van der Waals surface area contributed by atoms with Gasteiger partial charge in [-0.15, -0.1) is 10.2 Å². The molecule has 3 atom stereocenters. The number of ether oxygens (including phenoxy) is 1. The van der Waals surface area contributed by atoms with Crippen molar-refractivity contribution in [2.45, 2.75) is 64.1 Å². The number of anilines is 1. The minimum atomic E-state index is -0.271. The van der Waals surface area contributed by atoms with Crippen LogP contribution in [0.5, 0.6) is 5.75 Å². The van der Waals surface area contributed by atoms with Crippen LogP contribution in [0.1, 0.15) is 80.0 Å². The fourth-order valence-corrected chi connectivity index (χ4v) is 6.69. The van der Waals surface area contributed by atoms with Gasteiger partial charge in [-0.2, -0.15) is 5.10 Å². The van der Waals surface area contributed by atoms with Crippen LogP contribution in [0, 0.1) is 6.92 Å². The van der Waals surface area contributed by atoms with Gasteiger partial charge < -0.3 is 20.1 Å². The van der Waals surface area contributed by atoms with E-state index >= 15 is 0 Å². The average Bonchev–Trinajstić information content (AvgIpc) is 3.72. The molecule has 0 saturated carbocycles. The Morgan fingerprint density at radius 2 is 1.71 bits per heavy atom. The molecule has 3 aromatic heterocycles. The molecular formula is C38H47N9O4. The monoisotopic (exact) mass is 693 g/mol. The first-order chi connectivity index (χ1) is 24.4. The van der Waals surface area contributed by atoms with E-state index in [2.05, 4.69) is 89.0 Å². The molecule has 2 aromatic carbocycles. The van der Waals surface area contributed by atoms with E-state index in [1.165, 1.54) is 0 Å². The van der Waals surface area contributed by atoms with Crippen LogP contribution in [-0.4, -0.2) is 85.5 Å². The number of aromatic nitrogens is 5. The summed E-state index contributed by atoms with van der Waals surface area (Å²) in [6, 6.07) is 22.0. The fraction of sp³-hybridized carbons (Fsp3) is 0.395. The van der Waals surface area contributed by atoms with Crippen LogP contribution in [0.15, 0.2) is 72.9 Å². The molecule has 4 heterocycles. The molecule has 1 fully saturated rings. The van der Waals surface area contributed by atoms with Gasteiger partial charge in [0.1, 0.15) is 17.7 Å². The van der Waals surface area contributed by atoms with E-state index < -0.39 is 0 Å². The number of aryl methyl sites for hydroxylation is 1. The van der Waals surface area contributed by atoms with Crippen molar-refractivity contribution < 1.29 is 19.4 Å². The van der Waals surface area contributed by atoms with E-state index in [0.717, 1.165) is 77.8 Å². The second kappa shape index (κ2) is 14.9. The highest BCUT2D eigenvalue weighted by Crippen LogP contribution is 2.39. The van der Waals surface area contributed by atoms with Crippen molar-refractivity contribution in [1.82, 2.24) is 39.5 Å². The summed E-state index contributed by atoms with van der Waals surface area (Å²) in [5, 5.41) is 27.1. The quantitative estimate of drug-likeness (QED) is 0.185. The van der Waals surface area contributed by atoms with Gasteiger partial charge in [-0.05, 0) is 69.3 Å². The molecule has 2 amide bonds. The summed E-state index contributed by atoms with van der Waals surface area (Å²) >= 11 is 0. The van der Waals surface area contributed by atoms with Crippen molar-refractivity contribution in [3.05, 3.63) is 101 Å². The van der Waals surface area contributed by atoms with Crippen molar-refractivity contribution in [2.24, 2.45) is 0 Å². The van der Waals surface area contributed by atoms with Crippen molar-refractivity contribution in [3.63, 3.8) is 0 Å². The smallest absolute Gasteiger partial charge is 0.320 e. The van der Waals surface area contributed by atoms with E-state index in [4.69, 9.17) is 19.7 Å². The Morgan fingerprint density at radius 1 is 0.980 bits per heavy atom. The van der Waals surface area contributed by atoms with Crippen molar-refractivity contribution in [2.75, 3.05) is 39.0 Å². The highest BCUT2D eigenvalue weighted by atomic mass is 16.5. The van der Waals surface area contributed by atoms with Gasteiger partial charge in [0.15, 0.2) is 11.5 Å². The second-order valence-corrected chi connectivity index (χ2v) is 14.4. The molecule has 7 rings (SSSR count). The highest BCUT2D eigenvalue weighted by Gasteiger charge is 2.31. The van der Waals surface area contributed by atoms with Crippen LogP contribution in [0.2, 0.25) is 0 Å². The van der Waals surface area contributed by atoms with Gasteiger partial charge in [-0.1, -0.05) is 62.7 Å². The predicted octanol–water partition coefficient (Wildman–Crippen LogP) is 5.92. The number of carbonyl (C=O) groups excluding carboxylic acids is 1. The van der Waals surface area contributed by atoms with Crippen LogP contribution in [0.25, 0.3) is 11.3 Å². The lowest BCUT2D eigenvalue weighted by atomic mass is 9.85. The summed E-state index contributed by atoms with van der Waals surface area (Å²) in [4.78, 5) is 26.6. The molecule has 13 heteroatoms. The molecule has 5 aromatic rings. The number of urea groups is 1. The minimum absolute atomic E-state index is 0.151. The molecule has 0 radical (unpaired) electrons. The van der Waals surface area contributed by atoms with Crippen LogP contribution in [0.4, 0.5) is 10.6 Å². The third-order valence-corrected chi connectivity index (χ3v) is 9.57. The van der Waals surface area contributed by atoms with E-state index in [0.29, 0.717) is 5.82 Å². The SMILES string of the molecule is Cc1ccc(-n2nc(C(C)(C)C)cc2NC(=O)N[C@H]2CC[C@@H](Oc3ccc4nnc(C5CN(C)CCN5C)n4c3)c3ccccc32)cc1.O=CO. The Kier molecular flexibility index (Phi) is 10.4. The third-order valence-electron chi connectivity index (χ3n) is 9.57. The summed E-state index contributed by atoms with van der Waals surface area (Å²) < 4.78 is 10.5. The van der Waals surface area contributed by atoms with Crippen LogP contribution in [-0.2, 0) is 10.2 Å². The summed E-state index contributed by atoms with van der Waals surface area (Å²) in [5.41, 5.74) is 5.72. The van der Waals surface area contributed by atoms with Gasteiger partial charge in [-0.25, -0.2) is 9.48 Å². The second-order valence-electron chi connectivity index (χ2n) is 14.4. The number of carbonyl (C=O) groups is 2. The zero-order valence-corrected chi connectivity index (χ0v) is 30.1. The van der Waals surface area contributed by atoms with Gasteiger partial charge >= 0.3 is 6.03 Å². The van der Waals surface area contributed by atoms with Gasteiger partial charge in [0, 0.05) is 31.1 Å². The number of benzene rings is 2. The molecule has 0 spiro atoms. The molecular weight excluding hydrogens is 646 g/mol. The number of rotatable bonds is 6. The Morgan fingerprint density at radius 3 is 2.43 bits per heavy atom. The predicted molar refractivity (Wildman–Crippen MR) is 195 cm³/mol. The first-order valence-electron chi connectivity index (χ1n) is 17.3. The standard InChI is InChI=1S/C37H45N9O2.CH2O2/c1-24-11-13-25(14-12-24)46-34(21-32(42-46)37(2,3)4)39-36(47)38-29-16-17-31(28-10-8-7-9-27(28)29)48-26-15-18-33-40-41-35(45(33)22-26)30-23-43(5)19-20-44(30)6;2-1-3/h7-15,18,21-22,29-31H,16-17,19-20,23H2,1-6H3,(H2,38,39,47);1H,(H,2,3)/t29-,30?,31+;/m0./s1. The fourth-order valence-electron chi connectivity index (χ4n) is 6.69. The number of likely N-dealkylation sites (N-methyl/N-ethyl adjacent to an activating group) is 2. The first-order valence-corrected chi connectivity index (χ1v) is 17.3. The largest absolute Gasteiger partial charge is 0.484 e. The number of hydrogen-bond donors (Lipinski definition) is 3. The van der Waals surface area contributed by atoms with Gasteiger partial charge in [0.05, 0.1) is 29.7 Å². The number of pyridine rings is 1. The van der Waals surface area contributed by atoms with E-state index in [9.17, 15) is 4.79 Å². The maximum atomic E-state index is 13.5. The maximum Gasteiger partial charge on any atom is 0.320 e. The lowest BCUT2D eigenvalue weighted by Gasteiger charge is -2.36.